The molecule has 2 rings (SSSR count). The lowest BCUT2D eigenvalue weighted by Gasteiger charge is -2.05. The quantitative estimate of drug-likeness (QED) is 0.878. The molecule has 0 atom stereocenters. The Morgan fingerprint density at radius 1 is 1.54 bits per heavy atom. The Balaban J connectivity index is 1.98. The van der Waals surface area contributed by atoms with E-state index in [1.54, 1.807) is 5.92 Å². The molecule has 69 valence electrons. The van der Waals surface area contributed by atoms with Crippen molar-refractivity contribution in [1.29, 1.82) is 0 Å². The molecule has 0 aromatic carbocycles. The second kappa shape index (κ2) is 3.66. The maximum absolute atomic E-state index is 4.26. The van der Waals surface area contributed by atoms with Crippen molar-refractivity contribution in [2.24, 2.45) is 0 Å². The van der Waals surface area contributed by atoms with E-state index in [0.717, 1.165) is 22.4 Å². The van der Waals surface area contributed by atoms with Gasteiger partial charge in [-0.15, -0.1) is 0 Å². The number of aryl methyl sites for hydroxylation is 1. The summed E-state index contributed by atoms with van der Waals surface area (Å²) in [6.07, 6.45) is 4.48. The highest BCUT2D eigenvalue weighted by atomic mass is 79.9. The van der Waals surface area contributed by atoms with Crippen molar-refractivity contribution in [3.63, 3.8) is 0 Å². The lowest BCUT2D eigenvalue weighted by atomic mass is 10.3. The van der Waals surface area contributed by atoms with Crippen molar-refractivity contribution < 1.29 is 0 Å². The van der Waals surface area contributed by atoms with Gasteiger partial charge in [0.25, 0.3) is 0 Å². The van der Waals surface area contributed by atoms with Crippen LogP contribution in [0.5, 0.6) is 0 Å². The Labute approximate surface area is 86.9 Å². The van der Waals surface area contributed by atoms with Crippen molar-refractivity contribution in [1.82, 2.24) is 4.98 Å². The van der Waals surface area contributed by atoms with Gasteiger partial charge in [-0.1, -0.05) is 0 Å². The van der Waals surface area contributed by atoms with Crippen LogP contribution in [0.1, 0.15) is 18.5 Å². The van der Waals surface area contributed by atoms with Crippen LogP contribution >= 0.6 is 15.9 Å². The summed E-state index contributed by atoms with van der Waals surface area (Å²) in [6.45, 7) is 3.00. The van der Waals surface area contributed by atoms with Crippen LogP contribution in [0.2, 0.25) is 0 Å². The second-order valence-electron chi connectivity index (χ2n) is 3.39. The minimum Gasteiger partial charge on any atom is -0.383 e. The fourth-order valence-corrected chi connectivity index (χ4v) is 1.44. The number of hydrogen-bond donors (Lipinski definition) is 1. The molecule has 1 aliphatic rings. The van der Waals surface area contributed by atoms with Gasteiger partial charge in [0, 0.05) is 11.0 Å². The Bertz CT molecular complexity index is 308. The first-order chi connectivity index (χ1) is 6.25. The lowest BCUT2D eigenvalue weighted by molar-refractivity contribution is 1.13. The van der Waals surface area contributed by atoms with Crippen LogP contribution in [-0.4, -0.2) is 11.5 Å². The molecule has 1 aliphatic carbocycles. The number of hydrogen-bond acceptors (Lipinski definition) is 2. The molecule has 1 aromatic rings. The van der Waals surface area contributed by atoms with E-state index in [9.17, 15) is 0 Å². The average molecular weight is 240 g/mol. The molecule has 3 heteroatoms. The van der Waals surface area contributed by atoms with Crippen LogP contribution in [0.25, 0.3) is 0 Å². The maximum atomic E-state index is 4.26. The highest BCUT2D eigenvalue weighted by Crippen LogP contribution is 2.31. The summed E-state index contributed by atoms with van der Waals surface area (Å²) in [5, 5.41) is 3.35. The number of halogens is 1. The first-order valence-electron chi connectivity index (χ1n) is 4.45. The molecule has 1 aromatic heterocycles. The molecule has 13 heavy (non-hydrogen) atoms. The molecular weight excluding hydrogens is 228 g/mol. The van der Waals surface area contributed by atoms with Gasteiger partial charge in [0.1, 0.15) is 0 Å². The van der Waals surface area contributed by atoms with E-state index in [-0.39, 0.29) is 0 Å². The van der Waals surface area contributed by atoms with Gasteiger partial charge in [0.15, 0.2) is 0 Å². The van der Waals surface area contributed by atoms with E-state index < -0.39 is 0 Å². The van der Waals surface area contributed by atoms with E-state index in [2.05, 4.69) is 32.3 Å². The molecule has 2 nitrogen and oxygen atoms in total. The molecule has 0 amide bonds. The zero-order valence-electron chi connectivity index (χ0n) is 7.60. The first kappa shape index (κ1) is 9.00. The van der Waals surface area contributed by atoms with Crippen molar-refractivity contribution in [3.8, 4) is 0 Å². The molecule has 1 saturated carbocycles. The number of rotatable bonds is 3. The topological polar surface area (TPSA) is 24.9 Å². The van der Waals surface area contributed by atoms with Crippen LogP contribution in [0.4, 0.5) is 5.69 Å². The summed E-state index contributed by atoms with van der Waals surface area (Å²) >= 11 is 3.46. The molecule has 0 unspecified atom stereocenters. The van der Waals surface area contributed by atoms with Crippen molar-refractivity contribution in [3.05, 3.63) is 28.3 Å². The third kappa shape index (κ3) is 2.44. The molecule has 0 spiro atoms. The third-order valence-electron chi connectivity index (χ3n) is 2.17. The van der Waals surface area contributed by atoms with Gasteiger partial charge in [-0.2, -0.15) is 0 Å². The Kier molecular flexibility index (Phi) is 2.54. The fraction of sp³-hybridized carbons (Fsp3) is 0.400. The monoisotopic (exact) mass is 239 g/mol. The highest BCUT2D eigenvalue weighted by molar-refractivity contribution is 9.10. The minimum atomic E-state index is 1.01. The number of nitrogens with zero attached hydrogens (tertiary/aromatic N) is 1. The third-order valence-corrected chi connectivity index (χ3v) is 2.97. The van der Waals surface area contributed by atoms with Gasteiger partial charge >= 0.3 is 0 Å². The summed E-state index contributed by atoms with van der Waals surface area (Å²) in [4.78, 5) is 4.26. The Morgan fingerprint density at radius 2 is 2.31 bits per heavy atom. The van der Waals surface area contributed by atoms with E-state index in [0.29, 0.717) is 0 Å². The molecule has 1 radical (unpaired) electrons. The predicted molar refractivity (Wildman–Crippen MR) is 57.6 cm³/mol. The summed E-state index contributed by atoms with van der Waals surface area (Å²) in [5.41, 5.74) is 2.13. The normalized spacial score (nSPS) is 15.8. The first-order valence-corrected chi connectivity index (χ1v) is 5.24. The SMILES string of the molecule is Cc1ncc(NC[C]2CC2)cc1Br. The van der Waals surface area contributed by atoms with Gasteiger partial charge in [-0.3, -0.25) is 4.98 Å². The molecular formula is C10H12BrN2. The van der Waals surface area contributed by atoms with E-state index in [1.165, 1.54) is 12.8 Å². The predicted octanol–water partition coefficient (Wildman–Crippen LogP) is 2.93. The van der Waals surface area contributed by atoms with Crippen LogP contribution < -0.4 is 5.32 Å². The van der Waals surface area contributed by atoms with Crippen LogP contribution in [0.15, 0.2) is 16.7 Å². The lowest BCUT2D eigenvalue weighted by Crippen LogP contribution is -2.02. The van der Waals surface area contributed by atoms with Crippen molar-refractivity contribution >= 4 is 21.6 Å². The summed E-state index contributed by atoms with van der Waals surface area (Å²) in [5.74, 6) is 1.61. The van der Waals surface area contributed by atoms with E-state index in [1.807, 2.05) is 13.1 Å². The number of pyridine rings is 1. The van der Waals surface area contributed by atoms with Crippen molar-refractivity contribution in [2.45, 2.75) is 19.8 Å². The van der Waals surface area contributed by atoms with E-state index >= 15 is 0 Å². The minimum absolute atomic E-state index is 1.01. The van der Waals surface area contributed by atoms with Gasteiger partial charge in [0.05, 0.1) is 17.6 Å². The Morgan fingerprint density at radius 3 is 2.92 bits per heavy atom. The van der Waals surface area contributed by atoms with Gasteiger partial charge in [-0.05, 0) is 47.7 Å². The molecule has 1 fully saturated rings. The number of anilines is 1. The number of nitrogens with one attached hydrogen (secondary N) is 1. The van der Waals surface area contributed by atoms with Gasteiger partial charge in [-0.25, -0.2) is 0 Å². The summed E-state index contributed by atoms with van der Waals surface area (Å²) in [6, 6.07) is 2.07. The smallest absolute Gasteiger partial charge is 0.0538 e. The zero-order valence-corrected chi connectivity index (χ0v) is 9.19. The van der Waals surface area contributed by atoms with Gasteiger partial charge < -0.3 is 5.32 Å². The fourth-order valence-electron chi connectivity index (χ4n) is 1.10. The molecule has 0 aliphatic heterocycles. The highest BCUT2D eigenvalue weighted by Gasteiger charge is 2.21. The van der Waals surface area contributed by atoms with Crippen molar-refractivity contribution in [2.75, 3.05) is 11.9 Å². The zero-order chi connectivity index (χ0) is 9.26. The largest absolute Gasteiger partial charge is 0.383 e. The number of aromatic nitrogens is 1. The van der Waals surface area contributed by atoms with Crippen LogP contribution in [0.3, 0.4) is 0 Å². The molecule has 1 N–H and O–H groups in total. The summed E-state index contributed by atoms with van der Waals surface area (Å²) < 4.78 is 1.07. The maximum Gasteiger partial charge on any atom is 0.0538 e. The standard InChI is InChI=1S/C10H12BrN2/c1-7-10(11)4-9(6-12-7)13-5-8-2-3-8/h4,6,13H,2-3,5H2,1H3. The molecule has 0 saturated heterocycles. The molecule has 1 heterocycles. The van der Waals surface area contributed by atoms with Gasteiger partial charge in [0.2, 0.25) is 0 Å². The van der Waals surface area contributed by atoms with Crippen LogP contribution in [0, 0.1) is 12.8 Å². The average Bonchev–Trinajstić information content (AvgIpc) is 2.91. The Hall–Kier alpha value is -0.570. The molecule has 0 bridgehead atoms. The second-order valence-corrected chi connectivity index (χ2v) is 4.25. The van der Waals surface area contributed by atoms with E-state index in [4.69, 9.17) is 0 Å². The van der Waals surface area contributed by atoms with Crippen LogP contribution in [-0.2, 0) is 0 Å². The summed E-state index contributed by atoms with van der Waals surface area (Å²) in [7, 11) is 0.